The number of rotatable bonds is 2. The Morgan fingerprint density at radius 3 is 2.88 bits per heavy atom. The second kappa shape index (κ2) is 3.32. The van der Waals surface area contributed by atoms with Crippen LogP contribution in [0.5, 0.6) is 0 Å². The van der Waals surface area contributed by atoms with Gasteiger partial charge in [0.15, 0.2) is 0 Å². The molecule has 3 rings (SSSR count). The van der Waals surface area contributed by atoms with E-state index < -0.39 is 0 Å². The van der Waals surface area contributed by atoms with Crippen molar-refractivity contribution < 1.29 is 4.39 Å². The minimum absolute atomic E-state index is 0.0514. The van der Waals surface area contributed by atoms with Crippen molar-refractivity contribution >= 4 is 10.9 Å². The molecule has 3 heteroatoms. The van der Waals surface area contributed by atoms with Gasteiger partial charge in [0, 0.05) is 17.1 Å². The molecule has 0 bridgehead atoms. The number of H-pyrrole nitrogens is 1. The summed E-state index contributed by atoms with van der Waals surface area (Å²) in [5.41, 5.74) is 8.90. The van der Waals surface area contributed by atoms with Crippen molar-refractivity contribution in [3.8, 4) is 0 Å². The summed E-state index contributed by atoms with van der Waals surface area (Å²) in [5, 5.41) is 0.942. The third-order valence-corrected chi connectivity index (χ3v) is 3.48. The van der Waals surface area contributed by atoms with E-state index in [1.165, 1.54) is 18.9 Å². The van der Waals surface area contributed by atoms with Gasteiger partial charge in [-0.05, 0) is 37.3 Å². The number of aryl methyl sites for hydroxylation is 1. The SMILES string of the molecule is Cc1[nH]c2c(F)cccc2c1C(N)C1CC1. The van der Waals surface area contributed by atoms with E-state index in [4.69, 9.17) is 5.73 Å². The molecule has 0 amide bonds. The summed E-state index contributed by atoms with van der Waals surface area (Å²) in [7, 11) is 0. The number of aromatic amines is 1. The van der Waals surface area contributed by atoms with Crippen molar-refractivity contribution in [2.75, 3.05) is 0 Å². The first kappa shape index (κ1) is 9.85. The van der Waals surface area contributed by atoms with Gasteiger partial charge in [-0.3, -0.25) is 0 Å². The van der Waals surface area contributed by atoms with Gasteiger partial charge in [-0.15, -0.1) is 0 Å². The number of aromatic nitrogens is 1. The smallest absolute Gasteiger partial charge is 0.147 e. The van der Waals surface area contributed by atoms with Gasteiger partial charge in [-0.25, -0.2) is 4.39 Å². The minimum atomic E-state index is -0.199. The molecule has 1 aromatic carbocycles. The number of nitrogens with two attached hydrogens (primary N) is 1. The molecule has 3 N–H and O–H groups in total. The summed E-state index contributed by atoms with van der Waals surface area (Å²) in [6.45, 7) is 1.97. The van der Waals surface area contributed by atoms with Gasteiger partial charge in [-0.2, -0.15) is 0 Å². The lowest BCUT2D eigenvalue weighted by Gasteiger charge is -2.10. The summed E-state index contributed by atoms with van der Waals surface area (Å²) in [6, 6.07) is 5.22. The van der Waals surface area contributed by atoms with Gasteiger partial charge < -0.3 is 10.7 Å². The maximum atomic E-state index is 13.6. The van der Waals surface area contributed by atoms with Gasteiger partial charge >= 0.3 is 0 Å². The Morgan fingerprint density at radius 2 is 2.19 bits per heavy atom. The summed E-state index contributed by atoms with van der Waals surface area (Å²) in [6.07, 6.45) is 2.39. The van der Waals surface area contributed by atoms with Crippen molar-refractivity contribution in [1.82, 2.24) is 4.98 Å². The molecule has 1 aliphatic rings. The van der Waals surface area contributed by atoms with Crippen LogP contribution in [0.15, 0.2) is 18.2 Å². The molecule has 2 aromatic rings. The topological polar surface area (TPSA) is 41.8 Å². The Morgan fingerprint density at radius 1 is 1.44 bits per heavy atom. The molecule has 1 saturated carbocycles. The van der Waals surface area contributed by atoms with E-state index in [1.54, 1.807) is 6.07 Å². The van der Waals surface area contributed by atoms with Crippen LogP contribution in [0.1, 0.15) is 30.1 Å². The molecule has 1 aliphatic carbocycles. The average Bonchev–Trinajstić information content (AvgIpc) is 3.02. The van der Waals surface area contributed by atoms with Crippen molar-refractivity contribution in [2.45, 2.75) is 25.8 Å². The van der Waals surface area contributed by atoms with Gasteiger partial charge in [-0.1, -0.05) is 12.1 Å². The molecule has 1 unspecified atom stereocenters. The second-order valence-electron chi connectivity index (χ2n) is 4.69. The highest BCUT2D eigenvalue weighted by molar-refractivity contribution is 5.85. The van der Waals surface area contributed by atoms with Crippen LogP contribution in [-0.2, 0) is 0 Å². The molecule has 1 atom stereocenters. The zero-order valence-corrected chi connectivity index (χ0v) is 9.26. The van der Waals surface area contributed by atoms with Crippen molar-refractivity contribution in [3.63, 3.8) is 0 Å². The van der Waals surface area contributed by atoms with E-state index in [0.717, 1.165) is 16.6 Å². The van der Waals surface area contributed by atoms with Crippen LogP contribution >= 0.6 is 0 Å². The highest BCUT2D eigenvalue weighted by Gasteiger charge is 2.32. The molecule has 1 aromatic heterocycles. The van der Waals surface area contributed by atoms with Crippen LogP contribution in [0.2, 0.25) is 0 Å². The monoisotopic (exact) mass is 218 g/mol. The zero-order valence-electron chi connectivity index (χ0n) is 9.26. The van der Waals surface area contributed by atoms with Gasteiger partial charge in [0.2, 0.25) is 0 Å². The van der Waals surface area contributed by atoms with Crippen LogP contribution in [0.3, 0.4) is 0 Å². The van der Waals surface area contributed by atoms with Crippen molar-refractivity contribution in [1.29, 1.82) is 0 Å². The Hall–Kier alpha value is -1.35. The van der Waals surface area contributed by atoms with E-state index in [9.17, 15) is 4.39 Å². The van der Waals surface area contributed by atoms with E-state index in [2.05, 4.69) is 4.98 Å². The quantitative estimate of drug-likeness (QED) is 0.799. The molecule has 16 heavy (non-hydrogen) atoms. The number of hydrogen-bond donors (Lipinski definition) is 2. The predicted molar refractivity (Wildman–Crippen MR) is 62.6 cm³/mol. The number of halogens is 1. The van der Waals surface area contributed by atoms with E-state index in [-0.39, 0.29) is 11.9 Å². The largest absolute Gasteiger partial charge is 0.356 e. The van der Waals surface area contributed by atoms with Crippen LogP contribution in [-0.4, -0.2) is 4.98 Å². The normalized spacial score (nSPS) is 17.9. The van der Waals surface area contributed by atoms with Gasteiger partial charge in [0.05, 0.1) is 5.52 Å². The van der Waals surface area contributed by atoms with Gasteiger partial charge in [0.25, 0.3) is 0 Å². The van der Waals surface area contributed by atoms with Crippen LogP contribution in [0.25, 0.3) is 10.9 Å². The molecule has 0 aliphatic heterocycles. The molecule has 0 spiro atoms. The standard InChI is InChI=1S/C13H15FN2/c1-7-11(12(15)8-5-6-8)9-3-2-4-10(14)13(9)16-7/h2-4,8,12,16H,5-6,15H2,1H3. The molecule has 2 nitrogen and oxygen atoms in total. The zero-order chi connectivity index (χ0) is 11.3. The Kier molecular flexibility index (Phi) is 2.04. The summed E-state index contributed by atoms with van der Waals surface area (Å²) >= 11 is 0. The first-order valence-electron chi connectivity index (χ1n) is 5.70. The second-order valence-corrected chi connectivity index (χ2v) is 4.69. The molecule has 1 heterocycles. The number of para-hydroxylation sites is 1. The third-order valence-electron chi connectivity index (χ3n) is 3.48. The molecular formula is C13H15FN2. The van der Waals surface area contributed by atoms with Crippen LogP contribution < -0.4 is 5.73 Å². The maximum absolute atomic E-state index is 13.6. The Bertz CT molecular complexity index is 540. The molecule has 0 saturated heterocycles. The first-order valence-corrected chi connectivity index (χ1v) is 5.70. The van der Waals surface area contributed by atoms with Crippen LogP contribution in [0, 0.1) is 18.7 Å². The fourth-order valence-electron chi connectivity index (χ4n) is 2.45. The summed E-state index contributed by atoms with van der Waals surface area (Å²) in [5.74, 6) is 0.385. The number of fused-ring (bicyclic) bond motifs is 1. The van der Waals surface area contributed by atoms with Crippen molar-refractivity contribution in [2.24, 2.45) is 11.7 Å². The fourth-order valence-corrected chi connectivity index (χ4v) is 2.45. The number of hydrogen-bond acceptors (Lipinski definition) is 1. The lowest BCUT2D eigenvalue weighted by Crippen LogP contribution is -2.13. The number of benzene rings is 1. The summed E-state index contributed by atoms with van der Waals surface area (Å²) in [4.78, 5) is 3.10. The van der Waals surface area contributed by atoms with E-state index >= 15 is 0 Å². The molecule has 1 fully saturated rings. The molecule has 0 radical (unpaired) electrons. The van der Waals surface area contributed by atoms with Crippen molar-refractivity contribution in [3.05, 3.63) is 35.3 Å². The Labute approximate surface area is 93.6 Å². The Balaban J connectivity index is 2.22. The van der Waals surface area contributed by atoms with Gasteiger partial charge in [0.1, 0.15) is 5.82 Å². The van der Waals surface area contributed by atoms with E-state index in [1.807, 2.05) is 13.0 Å². The minimum Gasteiger partial charge on any atom is -0.356 e. The fraction of sp³-hybridized carbons (Fsp3) is 0.385. The maximum Gasteiger partial charge on any atom is 0.147 e. The number of nitrogens with one attached hydrogen (secondary N) is 1. The first-order chi connectivity index (χ1) is 7.68. The molecular weight excluding hydrogens is 203 g/mol. The molecule has 84 valence electrons. The summed E-state index contributed by atoms with van der Waals surface area (Å²) < 4.78 is 13.6. The van der Waals surface area contributed by atoms with E-state index in [0.29, 0.717) is 11.4 Å². The predicted octanol–water partition coefficient (Wildman–Crippen LogP) is 3.03. The highest BCUT2D eigenvalue weighted by Crippen LogP contribution is 2.42. The third kappa shape index (κ3) is 1.35. The lowest BCUT2D eigenvalue weighted by molar-refractivity contribution is 0.634. The van der Waals surface area contributed by atoms with Crippen LogP contribution in [0.4, 0.5) is 4.39 Å². The highest BCUT2D eigenvalue weighted by atomic mass is 19.1. The lowest BCUT2D eigenvalue weighted by atomic mass is 10.00. The average molecular weight is 218 g/mol.